The summed E-state index contributed by atoms with van der Waals surface area (Å²) in [5.74, 6) is -0.293. The van der Waals surface area contributed by atoms with Crippen molar-refractivity contribution in [3.8, 4) is 5.75 Å². The maximum Gasteiger partial charge on any atom is 0.303 e. The van der Waals surface area contributed by atoms with Gasteiger partial charge in [0.05, 0.1) is 6.26 Å². The van der Waals surface area contributed by atoms with E-state index in [2.05, 4.69) is 0 Å². The molecule has 1 heterocycles. The summed E-state index contributed by atoms with van der Waals surface area (Å²) < 4.78 is 11.0. The fourth-order valence-corrected chi connectivity index (χ4v) is 3.16. The predicted octanol–water partition coefficient (Wildman–Crippen LogP) is 5.00. The van der Waals surface area contributed by atoms with E-state index in [1.54, 1.807) is 36.6 Å². The minimum Gasteiger partial charge on any atom is -0.486 e. The fourth-order valence-electron chi connectivity index (χ4n) is 3.16. The number of carbonyl (C=O) groups is 2. The summed E-state index contributed by atoms with van der Waals surface area (Å²) in [5, 5.41) is 9.10. The molecule has 1 aromatic heterocycles. The lowest BCUT2D eigenvalue weighted by atomic mass is 9.85. The van der Waals surface area contributed by atoms with Gasteiger partial charge in [-0.3, -0.25) is 9.59 Å². The SMILES string of the molecule is Cc1ccccc1C(CCC(=O)O)C(=O)c1cccc(OCc2ccco2)c1. The first-order chi connectivity index (χ1) is 13.5. The summed E-state index contributed by atoms with van der Waals surface area (Å²) in [6.45, 7) is 2.20. The van der Waals surface area contributed by atoms with Crippen LogP contribution in [0.25, 0.3) is 0 Å². The van der Waals surface area contributed by atoms with Crippen molar-refractivity contribution in [2.24, 2.45) is 0 Å². The van der Waals surface area contributed by atoms with Gasteiger partial charge in [-0.1, -0.05) is 36.4 Å². The Kier molecular flexibility index (Phi) is 6.27. The Morgan fingerprint density at radius 2 is 1.89 bits per heavy atom. The van der Waals surface area contributed by atoms with Gasteiger partial charge >= 0.3 is 5.97 Å². The maximum atomic E-state index is 13.2. The molecule has 1 N–H and O–H groups in total. The smallest absolute Gasteiger partial charge is 0.303 e. The number of carboxylic acid groups (broad SMARTS) is 1. The van der Waals surface area contributed by atoms with E-state index in [-0.39, 0.29) is 25.2 Å². The number of benzene rings is 2. The van der Waals surface area contributed by atoms with Gasteiger partial charge in [-0.2, -0.15) is 0 Å². The second kappa shape index (κ2) is 9.04. The highest BCUT2D eigenvalue weighted by molar-refractivity contribution is 6.01. The van der Waals surface area contributed by atoms with E-state index in [0.717, 1.165) is 11.1 Å². The normalized spacial score (nSPS) is 11.8. The minimum absolute atomic E-state index is 0.0700. The molecule has 0 bridgehead atoms. The molecule has 0 spiro atoms. The second-order valence-electron chi connectivity index (χ2n) is 6.60. The van der Waals surface area contributed by atoms with Gasteiger partial charge < -0.3 is 14.3 Å². The van der Waals surface area contributed by atoms with Crippen molar-refractivity contribution < 1.29 is 23.8 Å². The minimum atomic E-state index is -0.915. The van der Waals surface area contributed by atoms with Gasteiger partial charge in [0.15, 0.2) is 5.78 Å². The van der Waals surface area contributed by atoms with Crippen LogP contribution in [0.1, 0.15) is 46.0 Å². The molecule has 0 aliphatic carbocycles. The van der Waals surface area contributed by atoms with Gasteiger partial charge in [0, 0.05) is 17.9 Å². The molecular formula is C23H22O5. The molecule has 28 heavy (non-hydrogen) atoms. The van der Waals surface area contributed by atoms with Crippen LogP contribution in [0.2, 0.25) is 0 Å². The van der Waals surface area contributed by atoms with Crippen molar-refractivity contribution >= 4 is 11.8 Å². The Morgan fingerprint density at radius 3 is 2.61 bits per heavy atom. The molecule has 0 saturated heterocycles. The van der Waals surface area contributed by atoms with Gasteiger partial charge in [0.1, 0.15) is 18.1 Å². The lowest BCUT2D eigenvalue weighted by Crippen LogP contribution is -2.16. The first-order valence-corrected chi connectivity index (χ1v) is 9.11. The summed E-state index contributed by atoms with van der Waals surface area (Å²) in [4.78, 5) is 24.3. The zero-order valence-electron chi connectivity index (χ0n) is 15.6. The number of aliphatic carboxylic acids is 1. The molecule has 5 heteroatoms. The van der Waals surface area contributed by atoms with Gasteiger partial charge in [-0.25, -0.2) is 0 Å². The Hall–Kier alpha value is -3.34. The fraction of sp³-hybridized carbons (Fsp3) is 0.217. The highest BCUT2D eigenvalue weighted by Gasteiger charge is 2.24. The second-order valence-corrected chi connectivity index (χ2v) is 6.60. The molecule has 0 aliphatic rings. The van der Waals surface area contributed by atoms with Crippen LogP contribution in [0.5, 0.6) is 5.75 Å². The Bertz CT molecular complexity index is 943. The number of ether oxygens (including phenoxy) is 1. The zero-order chi connectivity index (χ0) is 19.9. The summed E-state index contributed by atoms with van der Waals surface area (Å²) in [6.07, 6.45) is 1.75. The van der Waals surface area contributed by atoms with Crippen LogP contribution in [0, 0.1) is 6.92 Å². The van der Waals surface area contributed by atoms with Crippen molar-refractivity contribution in [1.82, 2.24) is 0 Å². The van der Waals surface area contributed by atoms with E-state index < -0.39 is 11.9 Å². The average Bonchev–Trinajstić information content (AvgIpc) is 3.21. The number of Topliss-reactive ketones (excluding diaryl/α,β-unsaturated/α-hetero) is 1. The van der Waals surface area contributed by atoms with E-state index in [1.165, 1.54) is 0 Å². The van der Waals surface area contributed by atoms with Gasteiger partial charge in [-0.15, -0.1) is 0 Å². The first kappa shape index (κ1) is 19.4. The molecule has 0 radical (unpaired) electrons. The molecular weight excluding hydrogens is 356 g/mol. The highest BCUT2D eigenvalue weighted by atomic mass is 16.5. The molecule has 144 valence electrons. The van der Waals surface area contributed by atoms with Crippen molar-refractivity contribution in [2.45, 2.75) is 32.3 Å². The van der Waals surface area contributed by atoms with Crippen molar-refractivity contribution in [3.05, 3.63) is 89.4 Å². The summed E-state index contributed by atoms with van der Waals surface area (Å²) in [7, 11) is 0. The van der Waals surface area contributed by atoms with Crippen LogP contribution in [0.15, 0.2) is 71.3 Å². The number of aryl methyl sites for hydroxylation is 1. The lowest BCUT2D eigenvalue weighted by Gasteiger charge is -2.18. The predicted molar refractivity (Wildman–Crippen MR) is 105 cm³/mol. The molecule has 0 fully saturated rings. The van der Waals surface area contributed by atoms with Gasteiger partial charge in [-0.05, 0) is 48.7 Å². The van der Waals surface area contributed by atoms with E-state index in [4.69, 9.17) is 14.3 Å². The number of furan rings is 1. The third-order valence-electron chi connectivity index (χ3n) is 4.61. The van der Waals surface area contributed by atoms with Gasteiger partial charge in [0.25, 0.3) is 0 Å². The van der Waals surface area contributed by atoms with Crippen molar-refractivity contribution in [2.75, 3.05) is 0 Å². The largest absolute Gasteiger partial charge is 0.486 e. The van der Waals surface area contributed by atoms with Crippen LogP contribution in [-0.4, -0.2) is 16.9 Å². The molecule has 5 nitrogen and oxygen atoms in total. The summed E-state index contributed by atoms with van der Waals surface area (Å²) >= 11 is 0. The quantitative estimate of drug-likeness (QED) is 0.530. The number of hydrogen-bond acceptors (Lipinski definition) is 4. The molecule has 1 atom stereocenters. The zero-order valence-corrected chi connectivity index (χ0v) is 15.6. The monoisotopic (exact) mass is 378 g/mol. The number of hydrogen-bond donors (Lipinski definition) is 1. The molecule has 2 aromatic carbocycles. The molecule has 3 rings (SSSR count). The van der Waals surface area contributed by atoms with Crippen LogP contribution in [0.3, 0.4) is 0 Å². The Balaban J connectivity index is 1.82. The molecule has 1 unspecified atom stereocenters. The molecule has 0 amide bonds. The van der Waals surface area contributed by atoms with E-state index >= 15 is 0 Å². The van der Waals surface area contributed by atoms with E-state index in [1.807, 2.05) is 37.3 Å². The van der Waals surface area contributed by atoms with Crippen molar-refractivity contribution in [3.63, 3.8) is 0 Å². The standard InChI is InChI=1S/C23H22O5/c1-16-6-2-3-10-20(16)21(11-12-22(24)25)23(26)17-7-4-8-18(14-17)28-15-19-9-5-13-27-19/h2-10,13-14,21H,11-12,15H2,1H3,(H,24,25). The molecule has 3 aromatic rings. The maximum absolute atomic E-state index is 13.2. The highest BCUT2D eigenvalue weighted by Crippen LogP contribution is 2.29. The van der Waals surface area contributed by atoms with Gasteiger partial charge in [0.2, 0.25) is 0 Å². The van der Waals surface area contributed by atoms with Crippen LogP contribution >= 0.6 is 0 Å². The number of carbonyl (C=O) groups excluding carboxylic acids is 1. The van der Waals surface area contributed by atoms with Crippen LogP contribution in [0.4, 0.5) is 0 Å². The summed E-state index contributed by atoms with van der Waals surface area (Å²) in [6, 6.07) is 18.1. The number of ketones is 1. The lowest BCUT2D eigenvalue weighted by molar-refractivity contribution is -0.137. The Labute approximate surface area is 163 Å². The van der Waals surface area contributed by atoms with Crippen LogP contribution < -0.4 is 4.74 Å². The van der Waals surface area contributed by atoms with Crippen molar-refractivity contribution in [1.29, 1.82) is 0 Å². The van der Waals surface area contributed by atoms with E-state index in [9.17, 15) is 9.59 Å². The Morgan fingerprint density at radius 1 is 1.07 bits per heavy atom. The molecule has 0 saturated carbocycles. The number of rotatable bonds is 9. The summed E-state index contributed by atoms with van der Waals surface area (Å²) in [5.41, 5.74) is 2.32. The number of carboxylic acids is 1. The van der Waals surface area contributed by atoms with E-state index in [0.29, 0.717) is 17.1 Å². The van der Waals surface area contributed by atoms with Crippen LogP contribution in [-0.2, 0) is 11.4 Å². The third kappa shape index (κ3) is 4.88. The average molecular weight is 378 g/mol. The molecule has 0 aliphatic heterocycles. The topological polar surface area (TPSA) is 76.7 Å². The first-order valence-electron chi connectivity index (χ1n) is 9.11. The third-order valence-corrected chi connectivity index (χ3v) is 4.61.